The molecule has 1 amide bonds. The third kappa shape index (κ3) is 3.38. The molecule has 2 N–H and O–H groups in total. The van der Waals surface area contributed by atoms with Crippen molar-refractivity contribution in [3.05, 3.63) is 59.7 Å². The number of nitrogens with one attached hydrogen (secondary N) is 1. The van der Waals surface area contributed by atoms with Gasteiger partial charge in [0.1, 0.15) is 6.61 Å². The zero-order valence-electron chi connectivity index (χ0n) is 12.9. The molecular weight excluding hydrogens is 310 g/mol. The number of carboxylic acid groups (broad SMARTS) is 1. The molecule has 0 saturated heterocycles. The number of hydrogen-bond donors (Lipinski definition) is 2. The third-order valence-corrected chi connectivity index (χ3v) is 3.92. The highest BCUT2D eigenvalue weighted by Crippen LogP contribution is 2.44. The molecule has 24 heavy (non-hydrogen) atoms. The van der Waals surface area contributed by atoms with Gasteiger partial charge in [-0.25, -0.2) is 4.79 Å². The van der Waals surface area contributed by atoms with Crippen LogP contribution in [-0.2, 0) is 14.4 Å². The van der Waals surface area contributed by atoms with Crippen molar-refractivity contribution in [2.24, 2.45) is 0 Å². The highest BCUT2D eigenvalue weighted by molar-refractivity contribution is 5.79. The predicted octanol–water partition coefficient (Wildman–Crippen LogP) is 2.93. The van der Waals surface area contributed by atoms with Crippen molar-refractivity contribution in [1.29, 1.82) is 0 Å². The highest BCUT2D eigenvalue weighted by Gasteiger charge is 2.28. The summed E-state index contributed by atoms with van der Waals surface area (Å²) < 4.78 is 5.22. The molecule has 1 aliphatic rings. The molecule has 0 saturated carbocycles. The van der Waals surface area contributed by atoms with Crippen LogP contribution in [0.15, 0.2) is 48.5 Å². The van der Waals surface area contributed by atoms with Gasteiger partial charge >= 0.3 is 12.1 Å². The summed E-state index contributed by atoms with van der Waals surface area (Å²) in [4.78, 5) is 26.8. The van der Waals surface area contributed by atoms with Gasteiger partial charge in [-0.15, -0.1) is 0 Å². The van der Waals surface area contributed by atoms with Gasteiger partial charge in [0.05, 0.1) is 13.0 Å². The van der Waals surface area contributed by atoms with Gasteiger partial charge in [0.25, 0.3) is 0 Å². The van der Waals surface area contributed by atoms with E-state index < -0.39 is 12.1 Å². The van der Waals surface area contributed by atoms with Crippen LogP contribution in [0.4, 0.5) is 4.79 Å². The summed E-state index contributed by atoms with van der Waals surface area (Å²) in [5.41, 5.74) is 6.64. The maximum Gasteiger partial charge on any atom is 0.431 e. The Hall–Kier alpha value is -2.86. The Morgan fingerprint density at radius 1 is 1.00 bits per heavy atom. The molecule has 1 aliphatic carbocycles. The molecule has 124 valence electrons. The first-order valence-electron chi connectivity index (χ1n) is 7.61. The fourth-order valence-corrected chi connectivity index (χ4v) is 2.88. The van der Waals surface area contributed by atoms with Crippen LogP contribution < -0.4 is 5.48 Å². The average Bonchev–Trinajstić information content (AvgIpc) is 2.91. The zero-order valence-corrected chi connectivity index (χ0v) is 12.9. The molecule has 0 bridgehead atoms. The maximum absolute atomic E-state index is 11.7. The summed E-state index contributed by atoms with van der Waals surface area (Å²) in [5.74, 6) is -1.02. The Balaban J connectivity index is 1.61. The topological polar surface area (TPSA) is 84.9 Å². The number of ether oxygens (including phenoxy) is 1. The van der Waals surface area contributed by atoms with Gasteiger partial charge < -0.3 is 9.84 Å². The Kier molecular flexibility index (Phi) is 4.77. The van der Waals surface area contributed by atoms with E-state index in [0.717, 1.165) is 22.3 Å². The predicted molar refractivity (Wildman–Crippen MR) is 86.4 cm³/mol. The molecule has 6 heteroatoms. The fraction of sp³-hybridized carbons (Fsp3) is 0.222. The fourth-order valence-electron chi connectivity index (χ4n) is 2.88. The molecule has 0 spiro atoms. The third-order valence-electron chi connectivity index (χ3n) is 3.92. The number of hydrogen-bond acceptors (Lipinski definition) is 4. The van der Waals surface area contributed by atoms with Crippen molar-refractivity contribution < 1.29 is 24.3 Å². The normalized spacial score (nSPS) is 12.3. The number of hydroxylamine groups is 1. The molecule has 6 nitrogen and oxygen atoms in total. The Morgan fingerprint density at radius 2 is 1.58 bits per heavy atom. The van der Waals surface area contributed by atoms with Crippen molar-refractivity contribution in [3.63, 3.8) is 0 Å². The summed E-state index contributed by atoms with van der Waals surface area (Å²) >= 11 is 0. The minimum Gasteiger partial charge on any atom is -0.481 e. The lowest BCUT2D eigenvalue weighted by molar-refractivity contribution is -0.138. The number of rotatable bonds is 6. The summed E-state index contributed by atoms with van der Waals surface area (Å²) in [5, 5.41) is 8.49. The average molecular weight is 327 g/mol. The number of carboxylic acids is 1. The molecule has 2 aromatic carbocycles. The van der Waals surface area contributed by atoms with Crippen LogP contribution >= 0.6 is 0 Å². The van der Waals surface area contributed by atoms with E-state index >= 15 is 0 Å². The van der Waals surface area contributed by atoms with Crippen LogP contribution in [0, 0.1) is 0 Å². The molecule has 2 aromatic rings. The van der Waals surface area contributed by atoms with E-state index in [1.165, 1.54) is 0 Å². The van der Waals surface area contributed by atoms with E-state index in [1.54, 1.807) is 0 Å². The second-order valence-electron chi connectivity index (χ2n) is 5.42. The summed E-state index contributed by atoms with van der Waals surface area (Å²) in [6.07, 6.45) is -0.925. The van der Waals surface area contributed by atoms with Crippen molar-refractivity contribution >= 4 is 12.1 Å². The second-order valence-corrected chi connectivity index (χ2v) is 5.42. The van der Waals surface area contributed by atoms with Gasteiger partial charge in [-0.3, -0.25) is 9.63 Å². The smallest absolute Gasteiger partial charge is 0.431 e. The maximum atomic E-state index is 11.7. The molecular formula is C18H17NO5. The number of carbonyl (C=O) groups is 2. The molecule has 0 fully saturated rings. The van der Waals surface area contributed by atoms with E-state index in [9.17, 15) is 9.59 Å². The van der Waals surface area contributed by atoms with Gasteiger partial charge in [-0.2, -0.15) is 5.48 Å². The molecule has 0 unspecified atom stereocenters. The van der Waals surface area contributed by atoms with E-state index in [4.69, 9.17) is 14.7 Å². The largest absolute Gasteiger partial charge is 0.481 e. The van der Waals surface area contributed by atoms with E-state index in [-0.39, 0.29) is 25.6 Å². The molecule has 0 aromatic heterocycles. The first-order chi connectivity index (χ1) is 11.7. The number of carbonyl (C=O) groups excluding carboxylic acids is 1. The summed E-state index contributed by atoms with van der Waals surface area (Å²) in [7, 11) is 0. The van der Waals surface area contributed by atoms with E-state index in [1.807, 2.05) is 36.4 Å². The lowest BCUT2D eigenvalue weighted by atomic mass is 9.98. The first kappa shape index (κ1) is 16.0. The quantitative estimate of drug-likeness (QED) is 0.629. The molecule has 0 heterocycles. The Morgan fingerprint density at radius 3 is 2.17 bits per heavy atom. The molecule has 0 atom stereocenters. The SMILES string of the molecule is O=C(O)CCONC(=O)OCC1c2ccccc2-c2ccccc21. The van der Waals surface area contributed by atoms with Crippen LogP contribution in [0.2, 0.25) is 0 Å². The van der Waals surface area contributed by atoms with Gasteiger partial charge in [-0.05, 0) is 22.3 Å². The minimum absolute atomic E-state index is 0.0258. The van der Waals surface area contributed by atoms with Crippen LogP contribution in [0.3, 0.4) is 0 Å². The van der Waals surface area contributed by atoms with E-state index in [2.05, 4.69) is 17.6 Å². The van der Waals surface area contributed by atoms with Crippen LogP contribution in [0.5, 0.6) is 0 Å². The Labute approximate surface area is 139 Å². The molecule has 0 aliphatic heterocycles. The van der Waals surface area contributed by atoms with Gasteiger partial charge in [0.15, 0.2) is 0 Å². The van der Waals surface area contributed by atoms with Crippen molar-refractivity contribution in [2.45, 2.75) is 12.3 Å². The lowest BCUT2D eigenvalue weighted by Gasteiger charge is -2.14. The van der Waals surface area contributed by atoms with Gasteiger partial charge in [0, 0.05) is 5.92 Å². The standard InChI is InChI=1S/C18H17NO5/c20-17(21)9-10-24-19-18(22)23-11-16-14-7-3-1-5-12(14)13-6-2-4-8-15(13)16/h1-8,16H,9-11H2,(H,19,22)(H,20,21). The molecule has 3 rings (SSSR count). The highest BCUT2D eigenvalue weighted by atomic mass is 16.7. The minimum atomic E-state index is -0.996. The second kappa shape index (κ2) is 7.14. The van der Waals surface area contributed by atoms with Crippen molar-refractivity contribution in [3.8, 4) is 11.1 Å². The number of fused-ring (bicyclic) bond motifs is 3. The van der Waals surface area contributed by atoms with Crippen molar-refractivity contribution in [2.75, 3.05) is 13.2 Å². The van der Waals surface area contributed by atoms with Gasteiger partial charge in [-0.1, -0.05) is 48.5 Å². The monoisotopic (exact) mass is 327 g/mol. The van der Waals surface area contributed by atoms with Gasteiger partial charge in [0.2, 0.25) is 0 Å². The lowest BCUT2D eigenvalue weighted by Crippen LogP contribution is -2.27. The summed E-state index contributed by atoms with van der Waals surface area (Å²) in [6.45, 7) is 0.0711. The summed E-state index contributed by atoms with van der Waals surface area (Å²) in [6, 6.07) is 16.1. The zero-order chi connectivity index (χ0) is 16.9. The van der Waals surface area contributed by atoms with E-state index in [0.29, 0.717) is 0 Å². The van der Waals surface area contributed by atoms with Crippen molar-refractivity contribution in [1.82, 2.24) is 5.48 Å². The Bertz CT molecular complexity index is 713. The number of aliphatic carboxylic acids is 1. The van der Waals surface area contributed by atoms with Crippen LogP contribution in [-0.4, -0.2) is 30.4 Å². The molecule has 0 radical (unpaired) electrons. The van der Waals surface area contributed by atoms with Crippen LogP contribution in [0.25, 0.3) is 11.1 Å². The number of amides is 1. The van der Waals surface area contributed by atoms with Crippen LogP contribution in [0.1, 0.15) is 23.5 Å². The number of benzene rings is 2. The first-order valence-corrected chi connectivity index (χ1v) is 7.61.